The van der Waals surface area contributed by atoms with E-state index in [9.17, 15) is 21.6 Å². The maximum atomic E-state index is 13.4. The van der Waals surface area contributed by atoms with Crippen molar-refractivity contribution in [3.05, 3.63) is 71.9 Å². The van der Waals surface area contributed by atoms with Gasteiger partial charge >= 0.3 is 6.18 Å². The number of hydrogen-bond acceptors (Lipinski definition) is 4. The summed E-state index contributed by atoms with van der Waals surface area (Å²) in [6, 6.07) is 12.5. The number of hydrogen-bond donors (Lipinski definition) is 1. The fourth-order valence-electron chi connectivity index (χ4n) is 2.48. The Kier molecular flexibility index (Phi) is 4.88. The van der Waals surface area contributed by atoms with Crippen LogP contribution in [-0.2, 0) is 16.2 Å². The van der Waals surface area contributed by atoms with Crippen LogP contribution in [0.25, 0.3) is 11.3 Å². The van der Waals surface area contributed by atoms with Gasteiger partial charge in [-0.25, -0.2) is 9.97 Å². The number of aromatic nitrogens is 2. The second-order valence-electron chi connectivity index (χ2n) is 5.68. The lowest BCUT2D eigenvalue weighted by Crippen LogP contribution is -2.16. The van der Waals surface area contributed by atoms with Crippen molar-refractivity contribution in [2.75, 3.05) is 4.72 Å². The van der Waals surface area contributed by atoms with Crippen LogP contribution in [0.2, 0.25) is 0 Å². The van der Waals surface area contributed by atoms with Gasteiger partial charge in [-0.15, -0.1) is 0 Å². The number of halogens is 3. The molecule has 0 aliphatic rings. The van der Waals surface area contributed by atoms with Crippen molar-refractivity contribution in [3.63, 3.8) is 0 Å². The summed E-state index contributed by atoms with van der Waals surface area (Å²) in [6.45, 7) is 1.65. The first-order valence-corrected chi connectivity index (χ1v) is 9.25. The number of nitrogens with zero attached hydrogens (tertiary/aromatic N) is 2. The Labute approximate surface area is 154 Å². The minimum atomic E-state index is -4.64. The summed E-state index contributed by atoms with van der Waals surface area (Å²) < 4.78 is 67.1. The number of sulfonamides is 1. The molecule has 1 N–H and O–H groups in total. The average Bonchev–Trinajstić information content (AvgIpc) is 2.61. The van der Waals surface area contributed by atoms with E-state index in [0.29, 0.717) is 5.56 Å². The lowest BCUT2D eigenvalue weighted by molar-refractivity contribution is -0.137. The Bertz CT molecular complexity index is 1070. The van der Waals surface area contributed by atoms with Gasteiger partial charge in [-0.3, -0.25) is 4.72 Å². The number of aryl methyl sites for hydroxylation is 1. The zero-order valence-corrected chi connectivity index (χ0v) is 14.8. The Morgan fingerprint density at radius 3 is 2.30 bits per heavy atom. The Morgan fingerprint density at radius 2 is 1.67 bits per heavy atom. The maximum absolute atomic E-state index is 13.4. The van der Waals surface area contributed by atoms with Crippen LogP contribution in [0.1, 0.15) is 11.1 Å². The molecule has 5 nitrogen and oxygen atoms in total. The molecule has 9 heteroatoms. The molecule has 0 saturated heterocycles. The van der Waals surface area contributed by atoms with E-state index in [2.05, 4.69) is 14.7 Å². The molecule has 2 heterocycles. The van der Waals surface area contributed by atoms with E-state index < -0.39 is 21.8 Å². The van der Waals surface area contributed by atoms with Crippen molar-refractivity contribution >= 4 is 15.8 Å². The smallest absolute Gasteiger partial charge is 0.262 e. The molecule has 140 valence electrons. The SMILES string of the molecule is Cc1ccccc1-c1nc(NS(=O)(=O)c2ccccn2)ccc1C(F)(F)F. The van der Waals surface area contributed by atoms with Crippen LogP contribution in [0.3, 0.4) is 0 Å². The Hall–Kier alpha value is -2.94. The van der Waals surface area contributed by atoms with E-state index in [1.165, 1.54) is 24.4 Å². The molecule has 0 aliphatic heterocycles. The fraction of sp³-hybridized carbons (Fsp3) is 0.111. The molecular formula is C18H14F3N3O2S. The number of nitrogens with one attached hydrogen (secondary N) is 1. The molecule has 0 amide bonds. The van der Waals surface area contributed by atoms with E-state index in [4.69, 9.17) is 0 Å². The van der Waals surface area contributed by atoms with Crippen LogP contribution in [0.5, 0.6) is 0 Å². The maximum Gasteiger partial charge on any atom is 0.418 e. The van der Waals surface area contributed by atoms with Crippen LogP contribution in [0.4, 0.5) is 19.0 Å². The molecule has 0 fully saturated rings. The van der Waals surface area contributed by atoms with E-state index in [1.54, 1.807) is 31.2 Å². The van der Waals surface area contributed by atoms with Gasteiger partial charge in [0.05, 0.1) is 11.3 Å². The first-order chi connectivity index (χ1) is 12.7. The van der Waals surface area contributed by atoms with Gasteiger partial charge in [0.25, 0.3) is 10.0 Å². The molecule has 27 heavy (non-hydrogen) atoms. The predicted octanol–water partition coefficient (Wildman–Crippen LogP) is 4.27. The van der Waals surface area contributed by atoms with Crippen molar-refractivity contribution in [3.8, 4) is 11.3 Å². The van der Waals surface area contributed by atoms with E-state index in [1.807, 2.05) is 0 Å². The van der Waals surface area contributed by atoms with Gasteiger partial charge < -0.3 is 0 Å². The second kappa shape index (κ2) is 6.99. The molecule has 0 aliphatic carbocycles. The van der Waals surface area contributed by atoms with Crippen LogP contribution in [-0.4, -0.2) is 18.4 Å². The molecule has 0 atom stereocenters. The lowest BCUT2D eigenvalue weighted by atomic mass is 10.0. The largest absolute Gasteiger partial charge is 0.418 e. The van der Waals surface area contributed by atoms with Gasteiger partial charge in [0.2, 0.25) is 0 Å². The topological polar surface area (TPSA) is 72.0 Å². The molecule has 3 aromatic rings. The number of rotatable bonds is 4. The molecule has 0 saturated carbocycles. The summed E-state index contributed by atoms with van der Waals surface area (Å²) in [7, 11) is -4.08. The van der Waals surface area contributed by atoms with Gasteiger partial charge in [0, 0.05) is 11.8 Å². The average molecular weight is 393 g/mol. The highest BCUT2D eigenvalue weighted by atomic mass is 32.2. The van der Waals surface area contributed by atoms with Crippen molar-refractivity contribution in [2.24, 2.45) is 0 Å². The normalized spacial score (nSPS) is 12.0. The summed E-state index contributed by atoms with van der Waals surface area (Å²) in [6.07, 6.45) is -3.34. The Balaban J connectivity index is 2.10. The lowest BCUT2D eigenvalue weighted by Gasteiger charge is -2.15. The molecule has 0 spiro atoms. The fourth-order valence-corrected chi connectivity index (χ4v) is 3.44. The van der Waals surface area contributed by atoms with Gasteiger partial charge in [0.1, 0.15) is 5.82 Å². The predicted molar refractivity (Wildman–Crippen MR) is 94.5 cm³/mol. The highest BCUT2D eigenvalue weighted by Gasteiger charge is 2.35. The molecule has 2 aromatic heterocycles. The molecule has 1 aromatic carbocycles. The van der Waals surface area contributed by atoms with E-state index in [-0.39, 0.29) is 22.1 Å². The molecule has 0 bridgehead atoms. The van der Waals surface area contributed by atoms with Crippen LogP contribution >= 0.6 is 0 Å². The van der Waals surface area contributed by atoms with Gasteiger partial charge in [0.15, 0.2) is 5.03 Å². The molecule has 0 unspecified atom stereocenters. The number of benzene rings is 1. The monoisotopic (exact) mass is 393 g/mol. The standard InChI is InChI=1S/C18H14F3N3O2S/c1-12-6-2-3-7-13(12)17-14(18(19,20)21)9-10-15(23-17)24-27(25,26)16-8-4-5-11-22-16/h2-11H,1H3,(H,23,24). The van der Waals surface area contributed by atoms with Crippen molar-refractivity contribution in [1.82, 2.24) is 9.97 Å². The van der Waals surface area contributed by atoms with Gasteiger partial charge in [-0.2, -0.15) is 21.6 Å². The minimum absolute atomic E-state index is 0.230. The first-order valence-electron chi connectivity index (χ1n) is 7.76. The number of alkyl halides is 3. The summed E-state index contributed by atoms with van der Waals surface area (Å²) >= 11 is 0. The van der Waals surface area contributed by atoms with E-state index in [0.717, 1.165) is 12.1 Å². The van der Waals surface area contributed by atoms with Crippen molar-refractivity contribution in [2.45, 2.75) is 18.1 Å². The second-order valence-corrected chi connectivity index (χ2v) is 7.31. The zero-order valence-electron chi connectivity index (χ0n) is 14.0. The zero-order chi connectivity index (χ0) is 19.7. The number of pyridine rings is 2. The third-order valence-electron chi connectivity index (χ3n) is 3.75. The van der Waals surface area contributed by atoms with Crippen molar-refractivity contribution < 1.29 is 21.6 Å². The van der Waals surface area contributed by atoms with Crippen LogP contribution in [0, 0.1) is 6.92 Å². The quantitative estimate of drug-likeness (QED) is 0.719. The van der Waals surface area contributed by atoms with Crippen molar-refractivity contribution in [1.29, 1.82) is 0 Å². The molecule has 0 radical (unpaired) electrons. The number of anilines is 1. The summed E-state index contributed by atoms with van der Waals surface area (Å²) in [5.74, 6) is -0.230. The summed E-state index contributed by atoms with van der Waals surface area (Å²) in [5.41, 5.74) is -0.441. The highest BCUT2D eigenvalue weighted by Crippen LogP contribution is 2.37. The van der Waals surface area contributed by atoms with Gasteiger partial charge in [-0.1, -0.05) is 30.3 Å². The molecular weight excluding hydrogens is 379 g/mol. The molecule has 3 rings (SSSR count). The summed E-state index contributed by atoms with van der Waals surface area (Å²) in [5, 5.41) is -0.260. The van der Waals surface area contributed by atoms with Crippen LogP contribution < -0.4 is 4.72 Å². The summed E-state index contributed by atoms with van der Waals surface area (Å²) in [4.78, 5) is 7.68. The third kappa shape index (κ3) is 4.08. The third-order valence-corrected chi connectivity index (χ3v) is 5.02. The van der Waals surface area contributed by atoms with E-state index >= 15 is 0 Å². The first kappa shape index (κ1) is 18.8. The van der Waals surface area contributed by atoms with Gasteiger partial charge in [-0.05, 0) is 36.8 Å². The highest BCUT2D eigenvalue weighted by molar-refractivity contribution is 7.92. The Morgan fingerprint density at radius 1 is 0.963 bits per heavy atom. The van der Waals surface area contributed by atoms with Crippen LogP contribution in [0.15, 0.2) is 65.8 Å². The minimum Gasteiger partial charge on any atom is -0.262 e.